The van der Waals surface area contributed by atoms with Crippen molar-refractivity contribution < 1.29 is 4.74 Å². The van der Waals surface area contributed by atoms with Crippen molar-refractivity contribution in [3.05, 3.63) is 28.8 Å². The van der Waals surface area contributed by atoms with Crippen LogP contribution in [0.4, 0.5) is 0 Å². The quantitative estimate of drug-likeness (QED) is 0.711. The number of hydrogen-bond donors (Lipinski definition) is 1. The summed E-state index contributed by atoms with van der Waals surface area (Å²) >= 11 is 0. The van der Waals surface area contributed by atoms with Crippen LogP contribution in [0.3, 0.4) is 0 Å². The van der Waals surface area contributed by atoms with Crippen molar-refractivity contribution in [2.24, 2.45) is 0 Å². The Morgan fingerprint density at radius 3 is 2.32 bits per heavy atom. The lowest BCUT2D eigenvalue weighted by molar-refractivity contribution is 0.298. The summed E-state index contributed by atoms with van der Waals surface area (Å²) in [6, 6.07) is 5.00. The number of hydrogen-bond acceptors (Lipinski definition) is 2. The van der Waals surface area contributed by atoms with E-state index < -0.39 is 0 Å². The summed E-state index contributed by atoms with van der Waals surface area (Å²) < 4.78 is 5.94. The van der Waals surface area contributed by atoms with Crippen LogP contribution in [-0.4, -0.2) is 19.2 Å². The molecule has 1 aromatic rings. The van der Waals surface area contributed by atoms with Crippen molar-refractivity contribution >= 4 is 0 Å². The van der Waals surface area contributed by atoms with Gasteiger partial charge in [-0.05, 0) is 64.6 Å². The van der Waals surface area contributed by atoms with E-state index in [-0.39, 0.29) is 0 Å². The van der Waals surface area contributed by atoms with E-state index in [4.69, 9.17) is 4.74 Å². The Kier molecular flexibility index (Phi) is 6.93. The van der Waals surface area contributed by atoms with Crippen LogP contribution in [0.25, 0.3) is 0 Å². The van der Waals surface area contributed by atoms with Crippen molar-refractivity contribution in [3.8, 4) is 5.75 Å². The van der Waals surface area contributed by atoms with Crippen LogP contribution >= 0.6 is 0 Å². The van der Waals surface area contributed by atoms with Crippen molar-refractivity contribution in [1.82, 2.24) is 5.32 Å². The molecule has 0 saturated carbocycles. The first kappa shape index (κ1) is 16.0. The number of benzene rings is 1. The van der Waals surface area contributed by atoms with Crippen LogP contribution in [0, 0.1) is 20.8 Å². The summed E-state index contributed by atoms with van der Waals surface area (Å²) in [6.07, 6.45) is 3.57. The van der Waals surface area contributed by atoms with E-state index in [1.165, 1.54) is 29.5 Å². The van der Waals surface area contributed by atoms with Gasteiger partial charge >= 0.3 is 0 Å². The summed E-state index contributed by atoms with van der Waals surface area (Å²) in [5.41, 5.74) is 3.80. The highest BCUT2D eigenvalue weighted by atomic mass is 16.5. The molecule has 1 unspecified atom stereocenters. The molecule has 108 valence electrons. The summed E-state index contributed by atoms with van der Waals surface area (Å²) in [5, 5.41) is 3.44. The Morgan fingerprint density at radius 1 is 1.11 bits per heavy atom. The molecule has 19 heavy (non-hydrogen) atoms. The van der Waals surface area contributed by atoms with Crippen molar-refractivity contribution in [1.29, 1.82) is 0 Å². The molecule has 0 spiro atoms. The zero-order valence-electron chi connectivity index (χ0n) is 13.2. The molecule has 0 heterocycles. The van der Waals surface area contributed by atoms with Crippen molar-refractivity contribution in [2.45, 2.75) is 59.9 Å². The topological polar surface area (TPSA) is 21.3 Å². The number of aryl methyl sites for hydroxylation is 3. The summed E-state index contributed by atoms with van der Waals surface area (Å²) in [7, 11) is 0. The molecule has 0 amide bonds. The van der Waals surface area contributed by atoms with Gasteiger partial charge in [0.25, 0.3) is 0 Å². The number of ether oxygens (including phenoxy) is 1. The predicted octanol–water partition coefficient (Wildman–Crippen LogP) is 4.16. The maximum Gasteiger partial charge on any atom is 0.125 e. The zero-order chi connectivity index (χ0) is 14.3. The molecule has 0 aliphatic carbocycles. The summed E-state index contributed by atoms with van der Waals surface area (Å²) in [5.74, 6) is 1.07. The second-order valence-corrected chi connectivity index (χ2v) is 5.53. The lowest BCUT2D eigenvalue weighted by Crippen LogP contribution is -2.25. The van der Waals surface area contributed by atoms with Crippen LogP contribution in [0.5, 0.6) is 5.75 Å². The standard InChI is InChI=1S/C17H29NO/c1-6-18-16(5)9-7-8-10-19-17-14(3)11-13(2)12-15(17)4/h11-12,16,18H,6-10H2,1-5H3. The maximum atomic E-state index is 5.94. The fraction of sp³-hybridized carbons (Fsp3) is 0.647. The van der Waals surface area contributed by atoms with E-state index in [0.717, 1.165) is 25.3 Å². The van der Waals surface area contributed by atoms with Gasteiger partial charge in [-0.25, -0.2) is 0 Å². The molecule has 2 nitrogen and oxygen atoms in total. The van der Waals surface area contributed by atoms with Gasteiger partial charge in [0, 0.05) is 6.04 Å². The third-order valence-electron chi connectivity index (χ3n) is 3.44. The molecule has 0 aliphatic heterocycles. The normalized spacial score (nSPS) is 12.5. The number of nitrogens with one attached hydrogen (secondary N) is 1. The Balaban J connectivity index is 2.30. The van der Waals surface area contributed by atoms with Crippen LogP contribution in [0.15, 0.2) is 12.1 Å². The molecule has 1 N–H and O–H groups in total. The van der Waals surface area contributed by atoms with Gasteiger partial charge in [0.2, 0.25) is 0 Å². The largest absolute Gasteiger partial charge is 0.493 e. The molecule has 1 aromatic carbocycles. The third-order valence-corrected chi connectivity index (χ3v) is 3.44. The van der Waals surface area contributed by atoms with E-state index >= 15 is 0 Å². The lowest BCUT2D eigenvalue weighted by atomic mass is 10.1. The fourth-order valence-electron chi connectivity index (χ4n) is 2.57. The molecule has 0 radical (unpaired) electrons. The van der Waals surface area contributed by atoms with Crippen LogP contribution in [0.1, 0.15) is 49.8 Å². The van der Waals surface area contributed by atoms with Gasteiger partial charge in [0.1, 0.15) is 5.75 Å². The maximum absolute atomic E-state index is 5.94. The summed E-state index contributed by atoms with van der Waals surface area (Å²) in [4.78, 5) is 0. The predicted molar refractivity (Wildman–Crippen MR) is 83.1 cm³/mol. The molecular formula is C17H29NO. The van der Waals surface area contributed by atoms with E-state index in [9.17, 15) is 0 Å². The molecule has 0 aromatic heterocycles. The van der Waals surface area contributed by atoms with Gasteiger partial charge < -0.3 is 10.1 Å². The van der Waals surface area contributed by atoms with Gasteiger partial charge in [0.15, 0.2) is 0 Å². The van der Waals surface area contributed by atoms with E-state index in [2.05, 4.69) is 52.1 Å². The van der Waals surface area contributed by atoms with E-state index in [1.54, 1.807) is 0 Å². The highest BCUT2D eigenvalue weighted by Gasteiger charge is 2.05. The Hall–Kier alpha value is -1.02. The highest BCUT2D eigenvalue weighted by molar-refractivity contribution is 5.42. The highest BCUT2D eigenvalue weighted by Crippen LogP contribution is 2.24. The molecule has 0 fully saturated rings. The Morgan fingerprint density at radius 2 is 1.74 bits per heavy atom. The third kappa shape index (κ3) is 5.65. The first-order chi connectivity index (χ1) is 9.04. The molecule has 0 aliphatic rings. The van der Waals surface area contributed by atoms with Gasteiger partial charge in [-0.1, -0.05) is 24.6 Å². The van der Waals surface area contributed by atoms with Gasteiger partial charge in [-0.15, -0.1) is 0 Å². The minimum Gasteiger partial charge on any atom is -0.493 e. The van der Waals surface area contributed by atoms with Crippen LogP contribution < -0.4 is 10.1 Å². The van der Waals surface area contributed by atoms with E-state index in [1.807, 2.05) is 0 Å². The average molecular weight is 263 g/mol. The Labute approximate surface area is 118 Å². The number of unbranched alkanes of at least 4 members (excludes halogenated alkanes) is 1. The zero-order valence-corrected chi connectivity index (χ0v) is 13.2. The molecular weight excluding hydrogens is 234 g/mol. The second kappa shape index (κ2) is 8.21. The molecule has 0 bridgehead atoms. The van der Waals surface area contributed by atoms with Crippen molar-refractivity contribution in [3.63, 3.8) is 0 Å². The van der Waals surface area contributed by atoms with Crippen LogP contribution in [-0.2, 0) is 0 Å². The molecule has 1 rings (SSSR count). The fourth-order valence-corrected chi connectivity index (χ4v) is 2.57. The SMILES string of the molecule is CCNC(C)CCCCOc1c(C)cc(C)cc1C. The van der Waals surface area contributed by atoms with Crippen LogP contribution in [0.2, 0.25) is 0 Å². The Bertz CT molecular complexity index is 364. The van der Waals surface area contributed by atoms with E-state index in [0.29, 0.717) is 6.04 Å². The minimum absolute atomic E-state index is 0.618. The molecule has 1 atom stereocenters. The molecule has 0 saturated heterocycles. The van der Waals surface area contributed by atoms with Crippen molar-refractivity contribution in [2.75, 3.05) is 13.2 Å². The summed E-state index contributed by atoms with van der Waals surface area (Å²) in [6.45, 7) is 12.7. The second-order valence-electron chi connectivity index (χ2n) is 5.53. The lowest BCUT2D eigenvalue weighted by Gasteiger charge is -2.14. The monoisotopic (exact) mass is 263 g/mol. The first-order valence-electron chi connectivity index (χ1n) is 7.48. The van der Waals surface area contributed by atoms with Gasteiger partial charge in [-0.2, -0.15) is 0 Å². The molecule has 2 heteroatoms. The number of rotatable bonds is 8. The smallest absolute Gasteiger partial charge is 0.125 e. The first-order valence-corrected chi connectivity index (χ1v) is 7.48. The average Bonchev–Trinajstić information content (AvgIpc) is 2.31. The van der Waals surface area contributed by atoms with Gasteiger partial charge in [-0.3, -0.25) is 0 Å². The van der Waals surface area contributed by atoms with Gasteiger partial charge in [0.05, 0.1) is 6.61 Å². The minimum atomic E-state index is 0.618.